The molecule has 0 saturated carbocycles. The Hall–Kier alpha value is -2.43. The van der Waals surface area contributed by atoms with E-state index in [1.54, 1.807) is 12.4 Å². The summed E-state index contributed by atoms with van der Waals surface area (Å²) in [4.78, 5) is 13.3. The standard InChI is InChI=1S/C15H17N5/c1-15(2,3)14-18-12(16)8-13(19-14)20-9-17-10-6-4-5-7-11(10)20/h4-9H,1-3H3,(H2,16,18,19). The van der Waals surface area contributed by atoms with E-state index in [2.05, 4.69) is 35.7 Å². The van der Waals surface area contributed by atoms with Gasteiger partial charge in [-0.3, -0.25) is 4.57 Å². The monoisotopic (exact) mass is 267 g/mol. The Morgan fingerprint density at radius 3 is 2.60 bits per heavy atom. The van der Waals surface area contributed by atoms with E-state index >= 15 is 0 Å². The molecule has 3 aromatic rings. The van der Waals surface area contributed by atoms with Crippen molar-refractivity contribution in [3.8, 4) is 5.82 Å². The molecule has 0 spiro atoms. The average molecular weight is 267 g/mol. The normalized spacial score (nSPS) is 11.9. The molecule has 20 heavy (non-hydrogen) atoms. The van der Waals surface area contributed by atoms with E-state index in [0.29, 0.717) is 5.82 Å². The van der Waals surface area contributed by atoms with Gasteiger partial charge < -0.3 is 5.73 Å². The van der Waals surface area contributed by atoms with E-state index in [4.69, 9.17) is 5.73 Å². The number of para-hydroxylation sites is 2. The summed E-state index contributed by atoms with van der Waals surface area (Å²) in [7, 11) is 0. The molecule has 0 aliphatic heterocycles. The summed E-state index contributed by atoms with van der Waals surface area (Å²) in [5, 5.41) is 0. The highest BCUT2D eigenvalue weighted by Gasteiger charge is 2.19. The maximum atomic E-state index is 5.92. The lowest BCUT2D eigenvalue weighted by atomic mass is 9.96. The molecule has 2 N–H and O–H groups in total. The third-order valence-electron chi connectivity index (χ3n) is 3.10. The molecule has 0 atom stereocenters. The van der Waals surface area contributed by atoms with Crippen LogP contribution in [-0.4, -0.2) is 19.5 Å². The number of rotatable bonds is 1. The molecule has 0 amide bonds. The van der Waals surface area contributed by atoms with Gasteiger partial charge in [0.2, 0.25) is 0 Å². The molecule has 0 unspecified atom stereocenters. The van der Waals surface area contributed by atoms with Crippen molar-refractivity contribution in [2.45, 2.75) is 26.2 Å². The Bertz CT molecular complexity index is 767. The topological polar surface area (TPSA) is 69.6 Å². The molecule has 0 saturated heterocycles. The molecule has 5 heteroatoms. The summed E-state index contributed by atoms with van der Waals surface area (Å²) in [6.45, 7) is 6.20. The Kier molecular flexibility index (Phi) is 2.71. The van der Waals surface area contributed by atoms with Crippen LogP contribution in [-0.2, 0) is 5.41 Å². The van der Waals surface area contributed by atoms with Gasteiger partial charge in [-0.15, -0.1) is 0 Å². The molecule has 2 heterocycles. The minimum Gasteiger partial charge on any atom is -0.384 e. The lowest BCUT2D eigenvalue weighted by molar-refractivity contribution is 0.544. The van der Waals surface area contributed by atoms with Crippen LogP contribution in [0.5, 0.6) is 0 Å². The number of nitrogen functional groups attached to an aromatic ring is 1. The number of aromatic nitrogens is 4. The largest absolute Gasteiger partial charge is 0.384 e. The number of benzene rings is 1. The number of fused-ring (bicyclic) bond motifs is 1. The summed E-state index contributed by atoms with van der Waals surface area (Å²) in [5.41, 5.74) is 7.71. The van der Waals surface area contributed by atoms with Gasteiger partial charge in [0.25, 0.3) is 0 Å². The molecule has 0 aliphatic carbocycles. The second kappa shape index (κ2) is 4.30. The molecule has 3 rings (SSSR count). The van der Waals surface area contributed by atoms with Crippen molar-refractivity contribution in [2.75, 3.05) is 5.73 Å². The maximum Gasteiger partial charge on any atom is 0.144 e. The summed E-state index contributed by atoms with van der Waals surface area (Å²) in [6.07, 6.45) is 1.76. The van der Waals surface area contributed by atoms with Crippen molar-refractivity contribution in [3.05, 3.63) is 42.5 Å². The van der Waals surface area contributed by atoms with Crippen LogP contribution in [0.3, 0.4) is 0 Å². The van der Waals surface area contributed by atoms with E-state index in [1.807, 2.05) is 28.8 Å². The van der Waals surface area contributed by atoms with Crippen molar-refractivity contribution in [1.82, 2.24) is 19.5 Å². The predicted octanol–water partition coefficient (Wildman–Crippen LogP) is 2.70. The second-order valence-electron chi connectivity index (χ2n) is 5.83. The summed E-state index contributed by atoms with van der Waals surface area (Å²) in [5.74, 6) is 1.94. The van der Waals surface area contributed by atoms with Gasteiger partial charge >= 0.3 is 0 Å². The first-order valence-electron chi connectivity index (χ1n) is 6.53. The molecular formula is C15H17N5. The molecule has 0 radical (unpaired) electrons. The Labute approximate surface area is 117 Å². The zero-order valence-corrected chi connectivity index (χ0v) is 11.8. The Morgan fingerprint density at radius 2 is 1.85 bits per heavy atom. The third kappa shape index (κ3) is 2.11. The van der Waals surface area contributed by atoms with Gasteiger partial charge in [-0.05, 0) is 12.1 Å². The van der Waals surface area contributed by atoms with E-state index in [0.717, 1.165) is 22.7 Å². The quantitative estimate of drug-likeness (QED) is 0.736. The first kappa shape index (κ1) is 12.6. The first-order valence-corrected chi connectivity index (χ1v) is 6.53. The van der Waals surface area contributed by atoms with Crippen LogP contribution in [0.2, 0.25) is 0 Å². The van der Waals surface area contributed by atoms with E-state index in [9.17, 15) is 0 Å². The van der Waals surface area contributed by atoms with E-state index in [-0.39, 0.29) is 5.41 Å². The summed E-state index contributed by atoms with van der Waals surface area (Å²) < 4.78 is 1.93. The molecule has 0 fully saturated rings. The molecule has 0 aliphatic rings. The van der Waals surface area contributed by atoms with Gasteiger partial charge in [0.1, 0.15) is 23.8 Å². The van der Waals surface area contributed by atoms with E-state index < -0.39 is 0 Å². The molecule has 1 aromatic carbocycles. The van der Waals surface area contributed by atoms with Crippen molar-refractivity contribution in [1.29, 1.82) is 0 Å². The van der Waals surface area contributed by atoms with Gasteiger partial charge in [-0.1, -0.05) is 32.9 Å². The second-order valence-corrected chi connectivity index (χ2v) is 5.83. The van der Waals surface area contributed by atoms with Crippen LogP contribution in [0.1, 0.15) is 26.6 Å². The first-order chi connectivity index (χ1) is 9.45. The average Bonchev–Trinajstić information content (AvgIpc) is 2.80. The lowest BCUT2D eigenvalue weighted by Crippen LogP contribution is -2.18. The SMILES string of the molecule is CC(C)(C)c1nc(N)cc(-n2cnc3ccccc32)n1. The van der Waals surface area contributed by atoms with Gasteiger partial charge in [-0.2, -0.15) is 0 Å². The highest BCUT2D eigenvalue weighted by Crippen LogP contribution is 2.22. The van der Waals surface area contributed by atoms with Crippen LogP contribution in [0.4, 0.5) is 5.82 Å². The number of hydrogen-bond donors (Lipinski definition) is 1. The number of nitrogens with zero attached hydrogens (tertiary/aromatic N) is 4. The summed E-state index contributed by atoms with van der Waals surface area (Å²) >= 11 is 0. The number of imidazole rings is 1. The predicted molar refractivity (Wildman–Crippen MR) is 79.8 cm³/mol. The molecule has 5 nitrogen and oxygen atoms in total. The molecular weight excluding hydrogens is 250 g/mol. The molecule has 102 valence electrons. The van der Waals surface area contributed by atoms with Crippen molar-refractivity contribution >= 4 is 16.9 Å². The fourth-order valence-corrected chi connectivity index (χ4v) is 2.05. The van der Waals surface area contributed by atoms with Gasteiger partial charge in [0, 0.05) is 11.5 Å². The van der Waals surface area contributed by atoms with Gasteiger partial charge in [0.05, 0.1) is 11.0 Å². The van der Waals surface area contributed by atoms with Gasteiger partial charge in [-0.25, -0.2) is 15.0 Å². The Balaban J connectivity index is 2.22. The minimum absolute atomic E-state index is 0.152. The van der Waals surface area contributed by atoms with E-state index in [1.165, 1.54) is 0 Å². The minimum atomic E-state index is -0.152. The van der Waals surface area contributed by atoms with Crippen molar-refractivity contribution in [2.24, 2.45) is 0 Å². The van der Waals surface area contributed by atoms with Crippen LogP contribution >= 0.6 is 0 Å². The summed E-state index contributed by atoms with van der Waals surface area (Å²) in [6, 6.07) is 9.70. The van der Waals surface area contributed by atoms with Crippen LogP contribution in [0, 0.1) is 0 Å². The molecule has 0 bridgehead atoms. The fraction of sp³-hybridized carbons (Fsp3) is 0.267. The Morgan fingerprint density at radius 1 is 1.10 bits per heavy atom. The van der Waals surface area contributed by atoms with Crippen LogP contribution in [0.15, 0.2) is 36.7 Å². The van der Waals surface area contributed by atoms with Crippen molar-refractivity contribution in [3.63, 3.8) is 0 Å². The fourth-order valence-electron chi connectivity index (χ4n) is 2.05. The smallest absolute Gasteiger partial charge is 0.144 e. The molecule has 2 aromatic heterocycles. The zero-order chi connectivity index (χ0) is 14.3. The highest BCUT2D eigenvalue weighted by molar-refractivity contribution is 5.76. The number of anilines is 1. The number of hydrogen-bond acceptors (Lipinski definition) is 4. The zero-order valence-electron chi connectivity index (χ0n) is 11.8. The number of nitrogens with two attached hydrogens (primary N) is 1. The highest BCUT2D eigenvalue weighted by atomic mass is 15.1. The van der Waals surface area contributed by atoms with Crippen LogP contribution in [0.25, 0.3) is 16.9 Å². The lowest BCUT2D eigenvalue weighted by Gasteiger charge is -2.18. The van der Waals surface area contributed by atoms with Gasteiger partial charge in [0.15, 0.2) is 0 Å². The third-order valence-corrected chi connectivity index (χ3v) is 3.10. The van der Waals surface area contributed by atoms with Crippen LogP contribution < -0.4 is 5.73 Å². The maximum absolute atomic E-state index is 5.92. The van der Waals surface area contributed by atoms with Crippen molar-refractivity contribution < 1.29 is 0 Å².